The Morgan fingerprint density at radius 3 is 2.23 bits per heavy atom. The van der Waals surface area contributed by atoms with Crippen molar-refractivity contribution in [2.24, 2.45) is 0 Å². The molecule has 2 saturated heterocycles. The van der Waals surface area contributed by atoms with Crippen LogP contribution in [0.4, 0.5) is 5.69 Å². The van der Waals surface area contributed by atoms with Crippen LogP contribution in [0.3, 0.4) is 0 Å². The second-order valence-corrected chi connectivity index (χ2v) is 7.75. The molecule has 2 aliphatic rings. The van der Waals surface area contributed by atoms with Gasteiger partial charge in [-0.3, -0.25) is 0 Å². The summed E-state index contributed by atoms with van der Waals surface area (Å²) < 4.78 is 18.8. The first-order valence-corrected chi connectivity index (χ1v) is 8.57. The first kappa shape index (κ1) is 16.3. The van der Waals surface area contributed by atoms with Gasteiger partial charge < -0.3 is 18.9 Å². The van der Waals surface area contributed by atoms with Gasteiger partial charge in [0.2, 0.25) is 0 Å². The minimum Gasteiger partial charge on any atom is -0.399 e. The lowest BCUT2D eigenvalue weighted by Gasteiger charge is -2.32. The first-order chi connectivity index (χ1) is 10.3. The Labute approximate surface area is 141 Å². The van der Waals surface area contributed by atoms with Gasteiger partial charge in [-0.1, -0.05) is 15.9 Å². The van der Waals surface area contributed by atoms with E-state index in [0.29, 0.717) is 0 Å². The maximum Gasteiger partial charge on any atom is 0.496 e. The predicted octanol–water partition coefficient (Wildman–Crippen LogP) is 2.58. The molecule has 0 aromatic heterocycles. The summed E-state index contributed by atoms with van der Waals surface area (Å²) >= 11 is 3.64. The molecule has 0 aliphatic carbocycles. The summed E-state index contributed by atoms with van der Waals surface area (Å²) in [6, 6.07) is 6.37. The van der Waals surface area contributed by atoms with Crippen molar-refractivity contribution in [3.63, 3.8) is 0 Å². The van der Waals surface area contributed by atoms with Crippen LogP contribution < -0.4 is 10.4 Å². The van der Waals surface area contributed by atoms with Gasteiger partial charge in [-0.15, -0.1) is 0 Å². The molecule has 0 atom stereocenters. The third-order valence-electron chi connectivity index (χ3n) is 4.86. The number of hydrogen-bond acceptors (Lipinski definition) is 4. The van der Waals surface area contributed by atoms with Crippen LogP contribution in [0, 0.1) is 0 Å². The smallest absolute Gasteiger partial charge is 0.399 e. The van der Waals surface area contributed by atoms with Crippen molar-refractivity contribution < 1.29 is 14.0 Å². The Balaban J connectivity index is 1.88. The summed E-state index contributed by atoms with van der Waals surface area (Å²) in [6.07, 6.45) is 0. The van der Waals surface area contributed by atoms with Crippen molar-refractivity contribution >= 4 is 34.2 Å². The molecule has 2 aliphatic heterocycles. The zero-order valence-corrected chi connectivity index (χ0v) is 15.3. The highest BCUT2D eigenvalue weighted by molar-refractivity contribution is 9.10. The fourth-order valence-electron chi connectivity index (χ4n) is 2.70. The van der Waals surface area contributed by atoms with Crippen LogP contribution in [0.2, 0.25) is 0 Å². The monoisotopic (exact) mass is 367 g/mol. The molecule has 0 radical (unpaired) electrons. The van der Waals surface area contributed by atoms with E-state index in [1.54, 1.807) is 0 Å². The number of ether oxygens (including phenoxy) is 1. The van der Waals surface area contributed by atoms with Gasteiger partial charge in [0.15, 0.2) is 0 Å². The number of hydrogen-bond donors (Lipinski definition) is 0. The Bertz CT molecular complexity index is 542. The fourth-order valence-corrected chi connectivity index (χ4v) is 3.13. The van der Waals surface area contributed by atoms with E-state index < -0.39 is 0 Å². The Morgan fingerprint density at radius 2 is 1.64 bits per heavy atom. The third kappa shape index (κ3) is 2.94. The van der Waals surface area contributed by atoms with E-state index in [9.17, 15) is 0 Å². The van der Waals surface area contributed by atoms with Crippen LogP contribution in [-0.2, 0) is 14.0 Å². The number of morpholine rings is 1. The Hall–Kier alpha value is -0.555. The van der Waals surface area contributed by atoms with Crippen LogP contribution in [0.25, 0.3) is 0 Å². The molecule has 22 heavy (non-hydrogen) atoms. The van der Waals surface area contributed by atoms with Crippen LogP contribution in [0.15, 0.2) is 22.7 Å². The van der Waals surface area contributed by atoms with Gasteiger partial charge in [-0.05, 0) is 51.4 Å². The summed E-state index contributed by atoms with van der Waals surface area (Å²) in [5.74, 6) is 0. The Kier molecular flexibility index (Phi) is 4.31. The van der Waals surface area contributed by atoms with E-state index in [4.69, 9.17) is 14.0 Å². The normalized spacial score (nSPS) is 23.9. The fraction of sp³-hybridized carbons (Fsp3) is 0.625. The second kappa shape index (κ2) is 5.82. The molecule has 1 aromatic rings. The lowest BCUT2D eigenvalue weighted by molar-refractivity contribution is 0.00578. The summed E-state index contributed by atoms with van der Waals surface area (Å²) in [7, 11) is -0.347. The van der Waals surface area contributed by atoms with Crippen LogP contribution in [0.1, 0.15) is 27.7 Å². The van der Waals surface area contributed by atoms with Gasteiger partial charge >= 0.3 is 7.12 Å². The molecule has 4 nitrogen and oxygen atoms in total. The van der Waals surface area contributed by atoms with Crippen molar-refractivity contribution in [3.05, 3.63) is 22.7 Å². The van der Waals surface area contributed by atoms with Gasteiger partial charge in [-0.2, -0.15) is 0 Å². The molecule has 120 valence electrons. The lowest BCUT2D eigenvalue weighted by atomic mass is 9.79. The molecule has 0 N–H and O–H groups in total. The van der Waals surface area contributed by atoms with Crippen molar-refractivity contribution in [2.45, 2.75) is 38.9 Å². The molecule has 0 bridgehead atoms. The van der Waals surface area contributed by atoms with E-state index in [-0.39, 0.29) is 18.3 Å². The standard InChI is InChI=1S/C16H23BBrNO3/c1-15(2)16(3,4)22-17(21-15)13-11-12(5-6-14(13)18)19-7-9-20-10-8-19/h5-6,11H,7-10H2,1-4H3. The molecule has 6 heteroatoms. The van der Waals surface area contributed by atoms with E-state index in [0.717, 1.165) is 36.2 Å². The summed E-state index contributed by atoms with van der Waals surface area (Å²) in [5, 5.41) is 0. The number of anilines is 1. The number of nitrogens with zero attached hydrogens (tertiary/aromatic N) is 1. The molecule has 0 amide bonds. The molecule has 1 aromatic carbocycles. The molecular formula is C16H23BBrNO3. The molecule has 0 spiro atoms. The van der Waals surface area contributed by atoms with Crippen LogP contribution in [0.5, 0.6) is 0 Å². The van der Waals surface area contributed by atoms with Gasteiger partial charge in [0.1, 0.15) is 0 Å². The minimum absolute atomic E-state index is 0.327. The summed E-state index contributed by atoms with van der Waals surface area (Å²) in [5.41, 5.74) is 1.58. The highest BCUT2D eigenvalue weighted by atomic mass is 79.9. The van der Waals surface area contributed by atoms with Gasteiger partial charge in [0, 0.05) is 23.2 Å². The maximum atomic E-state index is 6.18. The molecule has 3 rings (SSSR count). The number of halogens is 1. The summed E-state index contributed by atoms with van der Waals surface area (Å²) in [4.78, 5) is 2.34. The average molecular weight is 368 g/mol. The van der Waals surface area contributed by atoms with Crippen molar-refractivity contribution in [3.8, 4) is 0 Å². The maximum absolute atomic E-state index is 6.18. The van der Waals surface area contributed by atoms with Gasteiger partial charge in [-0.25, -0.2) is 0 Å². The quantitative estimate of drug-likeness (QED) is 0.752. The summed E-state index contributed by atoms with van der Waals surface area (Å²) in [6.45, 7) is 11.7. The predicted molar refractivity (Wildman–Crippen MR) is 92.9 cm³/mol. The highest BCUT2D eigenvalue weighted by Crippen LogP contribution is 2.37. The second-order valence-electron chi connectivity index (χ2n) is 6.89. The van der Waals surface area contributed by atoms with E-state index in [1.165, 1.54) is 5.69 Å². The zero-order valence-electron chi connectivity index (χ0n) is 13.7. The van der Waals surface area contributed by atoms with Gasteiger partial charge in [0.05, 0.1) is 24.4 Å². The third-order valence-corrected chi connectivity index (χ3v) is 5.59. The van der Waals surface area contributed by atoms with E-state index in [2.05, 4.69) is 66.7 Å². The number of benzene rings is 1. The largest absolute Gasteiger partial charge is 0.496 e. The highest BCUT2D eigenvalue weighted by Gasteiger charge is 2.52. The molecular weight excluding hydrogens is 345 g/mol. The van der Waals surface area contributed by atoms with Crippen molar-refractivity contribution in [1.82, 2.24) is 0 Å². The van der Waals surface area contributed by atoms with Crippen molar-refractivity contribution in [2.75, 3.05) is 31.2 Å². The lowest BCUT2D eigenvalue weighted by Crippen LogP contribution is -2.41. The molecule has 0 saturated carbocycles. The number of rotatable bonds is 2. The molecule has 2 heterocycles. The Morgan fingerprint density at radius 1 is 1.05 bits per heavy atom. The zero-order chi connectivity index (χ0) is 16.0. The first-order valence-electron chi connectivity index (χ1n) is 7.78. The van der Waals surface area contributed by atoms with Crippen LogP contribution >= 0.6 is 15.9 Å². The van der Waals surface area contributed by atoms with Crippen molar-refractivity contribution in [1.29, 1.82) is 0 Å². The van der Waals surface area contributed by atoms with Gasteiger partial charge in [0.25, 0.3) is 0 Å². The molecule has 2 fully saturated rings. The minimum atomic E-state index is -0.347. The van der Waals surface area contributed by atoms with E-state index >= 15 is 0 Å². The molecule has 0 unspecified atom stereocenters. The van der Waals surface area contributed by atoms with Crippen LogP contribution in [-0.4, -0.2) is 44.6 Å². The van der Waals surface area contributed by atoms with E-state index in [1.807, 2.05) is 0 Å². The topological polar surface area (TPSA) is 30.9 Å². The SMILES string of the molecule is CC1(C)OB(c2cc(N3CCOCC3)ccc2Br)OC1(C)C. The average Bonchev–Trinajstić information content (AvgIpc) is 2.69.